The van der Waals surface area contributed by atoms with Crippen LogP contribution in [0, 0.1) is 11.6 Å². The predicted molar refractivity (Wildman–Crippen MR) is 56.4 cm³/mol. The molecule has 4 nitrogen and oxygen atoms in total. The Labute approximate surface area is 96.8 Å². The first-order valence-electron chi connectivity index (χ1n) is 4.74. The number of hydrogen-bond donors (Lipinski definition) is 0. The van der Waals surface area contributed by atoms with Crippen LogP contribution in [0.25, 0.3) is 0 Å². The summed E-state index contributed by atoms with van der Waals surface area (Å²) in [5.74, 6) is -3.31. The number of benzene rings is 1. The quantitative estimate of drug-likeness (QED) is 0.597. The average Bonchev–Trinajstić information content (AvgIpc) is 2.31. The molecule has 1 aromatic carbocycles. The molecule has 0 fully saturated rings. The third-order valence-electron chi connectivity index (χ3n) is 2.19. The first-order valence-corrected chi connectivity index (χ1v) is 4.74. The molecule has 0 saturated carbocycles. The molecular weight excluding hydrogens is 232 g/mol. The Balaban J connectivity index is 2.81. The summed E-state index contributed by atoms with van der Waals surface area (Å²) in [6.07, 6.45) is -0.452. The minimum Gasteiger partial charge on any atom is -0.469 e. The van der Waals surface area contributed by atoms with E-state index < -0.39 is 29.9 Å². The lowest BCUT2D eigenvalue weighted by atomic mass is 10.2. The molecule has 0 aliphatic heterocycles. The van der Waals surface area contributed by atoms with Crippen LogP contribution in [-0.4, -0.2) is 26.0 Å². The van der Waals surface area contributed by atoms with Gasteiger partial charge in [-0.05, 0) is 12.1 Å². The highest BCUT2D eigenvalue weighted by atomic mass is 19.2. The molecule has 1 rings (SSSR count). The van der Waals surface area contributed by atoms with Crippen LogP contribution < -0.4 is 4.90 Å². The Morgan fingerprint density at radius 1 is 1.29 bits per heavy atom. The zero-order valence-corrected chi connectivity index (χ0v) is 9.37. The van der Waals surface area contributed by atoms with Crippen LogP contribution in [0.3, 0.4) is 0 Å². The molecule has 0 spiro atoms. The summed E-state index contributed by atoms with van der Waals surface area (Å²) in [7, 11) is 2.52. The summed E-state index contributed by atoms with van der Waals surface area (Å²) >= 11 is 0. The van der Waals surface area contributed by atoms with Gasteiger partial charge in [-0.15, -0.1) is 0 Å². The maximum Gasteiger partial charge on any atom is 0.315 e. The fourth-order valence-electron chi connectivity index (χ4n) is 1.15. The number of hydrogen-bond acceptors (Lipinski definition) is 3. The monoisotopic (exact) mass is 243 g/mol. The normalized spacial score (nSPS) is 9.88. The third kappa shape index (κ3) is 3.24. The summed E-state index contributed by atoms with van der Waals surface area (Å²) in [5.41, 5.74) is 0.165. The molecule has 1 amide bonds. The first kappa shape index (κ1) is 13.1. The van der Waals surface area contributed by atoms with Crippen molar-refractivity contribution in [2.45, 2.75) is 6.42 Å². The van der Waals surface area contributed by atoms with E-state index in [1.165, 1.54) is 13.1 Å². The SMILES string of the molecule is COC(=O)CC(=O)N(C)c1ccc(F)c(F)c1. The van der Waals surface area contributed by atoms with Gasteiger partial charge in [-0.2, -0.15) is 0 Å². The molecule has 17 heavy (non-hydrogen) atoms. The summed E-state index contributed by atoms with van der Waals surface area (Å²) in [6.45, 7) is 0. The molecule has 0 aliphatic carbocycles. The van der Waals surface area contributed by atoms with E-state index >= 15 is 0 Å². The van der Waals surface area contributed by atoms with Crippen molar-refractivity contribution in [3.8, 4) is 0 Å². The molecule has 0 aliphatic rings. The number of carbonyl (C=O) groups excluding carboxylic acids is 2. The minimum absolute atomic E-state index is 0.165. The number of amides is 1. The van der Waals surface area contributed by atoms with E-state index in [0.717, 1.165) is 24.1 Å². The van der Waals surface area contributed by atoms with Crippen LogP contribution in [0.15, 0.2) is 18.2 Å². The van der Waals surface area contributed by atoms with Gasteiger partial charge in [0.2, 0.25) is 5.91 Å². The highest BCUT2D eigenvalue weighted by Gasteiger charge is 2.16. The number of methoxy groups -OCH3 is 1. The van der Waals surface area contributed by atoms with Crippen LogP contribution in [0.1, 0.15) is 6.42 Å². The number of anilines is 1. The van der Waals surface area contributed by atoms with Gasteiger partial charge in [-0.3, -0.25) is 9.59 Å². The average molecular weight is 243 g/mol. The lowest BCUT2D eigenvalue weighted by Crippen LogP contribution is -2.28. The Morgan fingerprint density at radius 2 is 1.94 bits per heavy atom. The molecule has 0 bridgehead atoms. The molecule has 0 unspecified atom stereocenters. The van der Waals surface area contributed by atoms with E-state index in [1.807, 2.05) is 0 Å². The van der Waals surface area contributed by atoms with Crippen molar-refractivity contribution < 1.29 is 23.1 Å². The summed E-state index contributed by atoms with van der Waals surface area (Å²) in [4.78, 5) is 23.4. The largest absolute Gasteiger partial charge is 0.469 e. The van der Waals surface area contributed by atoms with Crippen molar-refractivity contribution in [2.75, 3.05) is 19.1 Å². The second kappa shape index (κ2) is 5.38. The molecule has 0 radical (unpaired) electrons. The molecule has 0 atom stereocenters. The lowest BCUT2D eigenvalue weighted by Gasteiger charge is -2.16. The smallest absolute Gasteiger partial charge is 0.315 e. The second-order valence-electron chi connectivity index (χ2n) is 3.30. The molecule has 1 aromatic rings. The lowest BCUT2D eigenvalue weighted by molar-refractivity contribution is -0.143. The van der Waals surface area contributed by atoms with Crippen LogP contribution in [-0.2, 0) is 14.3 Å². The fraction of sp³-hybridized carbons (Fsp3) is 0.273. The number of halogens is 2. The van der Waals surface area contributed by atoms with E-state index in [0.29, 0.717) is 0 Å². The maximum absolute atomic E-state index is 12.9. The van der Waals surface area contributed by atoms with E-state index in [4.69, 9.17) is 0 Å². The minimum atomic E-state index is -1.06. The first-order chi connectivity index (χ1) is 7.95. The van der Waals surface area contributed by atoms with Gasteiger partial charge in [-0.25, -0.2) is 8.78 Å². The van der Waals surface area contributed by atoms with Crippen LogP contribution >= 0.6 is 0 Å². The second-order valence-corrected chi connectivity index (χ2v) is 3.30. The van der Waals surface area contributed by atoms with Crippen molar-refractivity contribution in [3.05, 3.63) is 29.8 Å². The molecular formula is C11H11F2NO3. The highest BCUT2D eigenvalue weighted by molar-refractivity contribution is 6.03. The molecule has 0 N–H and O–H groups in total. The van der Waals surface area contributed by atoms with Gasteiger partial charge in [0.05, 0.1) is 7.11 Å². The van der Waals surface area contributed by atoms with Gasteiger partial charge >= 0.3 is 5.97 Å². The van der Waals surface area contributed by atoms with Crippen molar-refractivity contribution in [1.82, 2.24) is 0 Å². The number of rotatable bonds is 3. The molecule has 92 valence electrons. The topological polar surface area (TPSA) is 46.6 Å². The summed E-state index contributed by atoms with van der Waals surface area (Å²) < 4.78 is 29.9. The van der Waals surface area contributed by atoms with E-state index in [-0.39, 0.29) is 5.69 Å². The molecule has 6 heteroatoms. The van der Waals surface area contributed by atoms with E-state index in [9.17, 15) is 18.4 Å². The van der Waals surface area contributed by atoms with Gasteiger partial charge in [0.1, 0.15) is 6.42 Å². The highest BCUT2D eigenvalue weighted by Crippen LogP contribution is 2.17. The van der Waals surface area contributed by atoms with Crippen LogP contribution in [0.2, 0.25) is 0 Å². The maximum atomic E-state index is 12.9. The Morgan fingerprint density at radius 3 is 2.47 bits per heavy atom. The summed E-state index contributed by atoms with van der Waals surface area (Å²) in [5, 5.41) is 0. The van der Waals surface area contributed by atoms with Gasteiger partial charge in [-0.1, -0.05) is 0 Å². The van der Waals surface area contributed by atoms with Crippen molar-refractivity contribution >= 4 is 17.6 Å². The molecule has 0 saturated heterocycles. The predicted octanol–water partition coefficient (Wildman–Crippen LogP) is 1.49. The summed E-state index contributed by atoms with van der Waals surface area (Å²) in [6, 6.07) is 3.03. The Kier molecular flexibility index (Phi) is 4.14. The van der Waals surface area contributed by atoms with Crippen molar-refractivity contribution in [3.63, 3.8) is 0 Å². The Hall–Kier alpha value is -1.98. The molecule has 0 heterocycles. The van der Waals surface area contributed by atoms with Gasteiger partial charge in [0.25, 0.3) is 0 Å². The Bertz CT molecular complexity index is 448. The standard InChI is InChI=1S/C11H11F2NO3/c1-14(10(15)6-11(16)17-2)7-3-4-8(12)9(13)5-7/h3-5H,6H2,1-2H3. The number of esters is 1. The zero-order valence-electron chi connectivity index (χ0n) is 9.37. The number of nitrogens with zero attached hydrogens (tertiary/aromatic N) is 1. The molecule has 0 aromatic heterocycles. The van der Waals surface area contributed by atoms with Gasteiger partial charge < -0.3 is 9.64 Å². The number of carbonyl (C=O) groups is 2. The van der Waals surface area contributed by atoms with E-state index in [1.54, 1.807) is 0 Å². The third-order valence-corrected chi connectivity index (χ3v) is 2.19. The van der Waals surface area contributed by atoms with Crippen LogP contribution in [0.4, 0.5) is 14.5 Å². The van der Waals surface area contributed by atoms with Gasteiger partial charge in [0.15, 0.2) is 11.6 Å². The van der Waals surface area contributed by atoms with Crippen LogP contribution in [0.5, 0.6) is 0 Å². The fourth-order valence-corrected chi connectivity index (χ4v) is 1.15. The zero-order chi connectivity index (χ0) is 13.0. The van der Waals surface area contributed by atoms with E-state index in [2.05, 4.69) is 4.74 Å². The van der Waals surface area contributed by atoms with Crippen molar-refractivity contribution in [1.29, 1.82) is 0 Å². The van der Waals surface area contributed by atoms with Crippen molar-refractivity contribution in [2.24, 2.45) is 0 Å². The number of ether oxygens (including phenoxy) is 1. The van der Waals surface area contributed by atoms with Gasteiger partial charge in [0, 0.05) is 18.8 Å².